The number of urea groups is 1. The van der Waals surface area contributed by atoms with Gasteiger partial charge in [0.05, 0.1) is 6.26 Å². The van der Waals surface area contributed by atoms with Crippen molar-refractivity contribution >= 4 is 16.1 Å². The van der Waals surface area contributed by atoms with Crippen molar-refractivity contribution in [3.05, 3.63) is 0 Å². The van der Waals surface area contributed by atoms with Crippen molar-refractivity contribution in [1.29, 1.82) is 0 Å². The summed E-state index contributed by atoms with van der Waals surface area (Å²) in [6.45, 7) is 3.74. The molecule has 0 aliphatic carbocycles. The van der Waals surface area contributed by atoms with Crippen LogP contribution < -0.4 is 5.32 Å². The number of piperidine rings is 1. The van der Waals surface area contributed by atoms with E-state index in [1.807, 2.05) is 0 Å². The van der Waals surface area contributed by atoms with E-state index in [0.717, 1.165) is 32.2 Å². The molecule has 0 spiro atoms. The van der Waals surface area contributed by atoms with Gasteiger partial charge in [0.15, 0.2) is 0 Å². The SMILES string of the molecule is CCCCN(C)C(=O)NC1CCCN(S(C)(=O)=O)C1. The highest BCUT2D eigenvalue weighted by atomic mass is 32.2. The molecule has 1 heterocycles. The number of hydrogen-bond acceptors (Lipinski definition) is 3. The van der Waals surface area contributed by atoms with Crippen molar-refractivity contribution < 1.29 is 13.2 Å². The summed E-state index contributed by atoms with van der Waals surface area (Å²) >= 11 is 0. The van der Waals surface area contributed by atoms with E-state index in [9.17, 15) is 13.2 Å². The first-order chi connectivity index (χ1) is 8.84. The van der Waals surface area contributed by atoms with E-state index in [0.29, 0.717) is 13.1 Å². The highest BCUT2D eigenvalue weighted by Gasteiger charge is 2.27. The minimum absolute atomic E-state index is 0.0833. The third-order valence-electron chi connectivity index (χ3n) is 3.37. The Morgan fingerprint density at radius 1 is 1.47 bits per heavy atom. The summed E-state index contributed by atoms with van der Waals surface area (Å²) in [5.74, 6) is 0. The number of amides is 2. The molecule has 1 N–H and O–H groups in total. The summed E-state index contributed by atoms with van der Waals surface area (Å²) in [7, 11) is -1.39. The van der Waals surface area contributed by atoms with Crippen LogP contribution in [0.2, 0.25) is 0 Å². The molecular weight excluding hydrogens is 266 g/mol. The van der Waals surface area contributed by atoms with Gasteiger partial charge in [0, 0.05) is 32.7 Å². The molecule has 1 unspecified atom stereocenters. The Bertz CT molecular complexity index is 397. The van der Waals surface area contributed by atoms with Crippen LogP contribution in [0, 0.1) is 0 Å². The van der Waals surface area contributed by atoms with E-state index in [2.05, 4.69) is 12.2 Å². The lowest BCUT2D eigenvalue weighted by atomic mass is 10.1. The Balaban J connectivity index is 2.46. The average Bonchev–Trinajstić information content (AvgIpc) is 2.35. The highest BCUT2D eigenvalue weighted by Crippen LogP contribution is 2.13. The number of hydrogen-bond donors (Lipinski definition) is 1. The molecule has 1 fully saturated rings. The van der Waals surface area contributed by atoms with Gasteiger partial charge >= 0.3 is 6.03 Å². The summed E-state index contributed by atoms with van der Waals surface area (Å²) < 4.78 is 24.4. The topological polar surface area (TPSA) is 69.7 Å². The number of nitrogens with one attached hydrogen (secondary N) is 1. The van der Waals surface area contributed by atoms with Gasteiger partial charge in [-0.3, -0.25) is 0 Å². The van der Waals surface area contributed by atoms with Gasteiger partial charge < -0.3 is 10.2 Å². The largest absolute Gasteiger partial charge is 0.334 e. The normalized spacial score (nSPS) is 21.1. The Kier molecular flexibility index (Phi) is 6.06. The third kappa shape index (κ3) is 5.36. The van der Waals surface area contributed by atoms with Gasteiger partial charge in [0.25, 0.3) is 0 Å². The number of unbranched alkanes of at least 4 members (excludes halogenated alkanes) is 1. The smallest absolute Gasteiger partial charge is 0.317 e. The summed E-state index contributed by atoms with van der Waals surface area (Å²) in [4.78, 5) is 13.6. The van der Waals surface area contributed by atoms with Crippen LogP contribution in [0.3, 0.4) is 0 Å². The molecule has 112 valence electrons. The van der Waals surface area contributed by atoms with E-state index in [1.54, 1.807) is 11.9 Å². The molecule has 0 radical (unpaired) electrons. The van der Waals surface area contributed by atoms with Crippen molar-refractivity contribution in [2.75, 3.05) is 32.9 Å². The van der Waals surface area contributed by atoms with E-state index >= 15 is 0 Å². The fourth-order valence-electron chi connectivity index (χ4n) is 2.14. The van der Waals surface area contributed by atoms with Crippen LogP contribution in [-0.4, -0.2) is 62.6 Å². The summed E-state index contributed by atoms with van der Waals surface area (Å²) in [6.07, 6.45) is 4.85. The molecule has 1 aliphatic rings. The minimum Gasteiger partial charge on any atom is -0.334 e. The molecule has 19 heavy (non-hydrogen) atoms. The van der Waals surface area contributed by atoms with Gasteiger partial charge in [-0.25, -0.2) is 17.5 Å². The van der Waals surface area contributed by atoms with Crippen LogP contribution in [0.15, 0.2) is 0 Å². The maximum absolute atomic E-state index is 11.9. The summed E-state index contributed by atoms with van der Waals surface area (Å²) in [5, 5.41) is 2.91. The van der Waals surface area contributed by atoms with Crippen molar-refractivity contribution in [3.63, 3.8) is 0 Å². The molecule has 1 saturated heterocycles. The quantitative estimate of drug-likeness (QED) is 0.816. The van der Waals surface area contributed by atoms with Crippen molar-refractivity contribution in [2.24, 2.45) is 0 Å². The zero-order valence-electron chi connectivity index (χ0n) is 12.1. The minimum atomic E-state index is -3.16. The number of sulfonamides is 1. The first kappa shape index (κ1) is 16.2. The predicted molar refractivity (Wildman–Crippen MR) is 75.5 cm³/mol. The second-order valence-electron chi connectivity index (χ2n) is 5.18. The number of rotatable bonds is 5. The van der Waals surface area contributed by atoms with E-state index in [4.69, 9.17) is 0 Å². The molecule has 7 heteroatoms. The molecule has 0 aromatic heterocycles. The molecule has 1 rings (SSSR count). The van der Waals surface area contributed by atoms with Crippen molar-refractivity contribution in [3.8, 4) is 0 Å². The van der Waals surface area contributed by atoms with E-state index in [-0.39, 0.29) is 12.1 Å². The van der Waals surface area contributed by atoms with E-state index in [1.165, 1.54) is 10.6 Å². The molecule has 1 aliphatic heterocycles. The second-order valence-corrected chi connectivity index (χ2v) is 7.17. The molecular formula is C12H25N3O3S. The van der Waals surface area contributed by atoms with Gasteiger partial charge in [-0.2, -0.15) is 0 Å². The molecule has 2 amide bonds. The van der Waals surface area contributed by atoms with Gasteiger partial charge in [0.1, 0.15) is 0 Å². The van der Waals surface area contributed by atoms with Crippen LogP contribution in [0.25, 0.3) is 0 Å². The lowest BCUT2D eigenvalue weighted by Crippen LogP contribution is -2.52. The Labute approximate surface area is 116 Å². The lowest BCUT2D eigenvalue weighted by molar-refractivity contribution is 0.195. The van der Waals surface area contributed by atoms with Crippen molar-refractivity contribution in [2.45, 2.75) is 38.6 Å². The van der Waals surface area contributed by atoms with Crippen molar-refractivity contribution in [1.82, 2.24) is 14.5 Å². The van der Waals surface area contributed by atoms with Gasteiger partial charge in [-0.15, -0.1) is 0 Å². The first-order valence-electron chi connectivity index (χ1n) is 6.81. The monoisotopic (exact) mass is 291 g/mol. The molecule has 6 nitrogen and oxygen atoms in total. The molecule has 1 atom stereocenters. The van der Waals surface area contributed by atoms with Crippen LogP contribution in [-0.2, 0) is 10.0 Å². The standard InChI is InChI=1S/C12H25N3O3S/c1-4-5-8-14(2)12(16)13-11-7-6-9-15(10-11)19(3,17)18/h11H,4-10H2,1-3H3,(H,13,16). The third-order valence-corrected chi connectivity index (χ3v) is 4.64. The summed E-state index contributed by atoms with van der Waals surface area (Å²) in [5.41, 5.74) is 0. The maximum Gasteiger partial charge on any atom is 0.317 e. The Hall–Kier alpha value is -0.820. The second kappa shape index (κ2) is 7.09. The van der Waals surface area contributed by atoms with Crippen LogP contribution in [0.5, 0.6) is 0 Å². The van der Waals surface area contributed by atoms with Crippen LogP contribution >= 0.6 is 0 Å². The van der Waals surface area contributed by atoms with Gasteiger partial charge in [-0.05, 0) is 19.3 Å². The first-order valence-corrected chi connectivity index (χ1v) is 8.66. The van der Waals surface area contributed by atoms with Crippen LogP contribution in [0.1, 0.15) is 32.6 Å². The number of carbonyl (C=O) groups excluding carboxylic acids is 1. The fourth-order valence-corrected chi connectivity index (χ4v) is 3.05. The lowest BCUT2D eigenvalue weighted by Gasteiger charge is -2.32. The van der Waals surface area contributed by atoms with Gasteiger partial charge in [0.2, 0.25) is 10.0 Å². The molecule has 0 saturated carbocycles. The zero-order valence-corrected chi connectivity index (χ0v) is 12.9. The van der Waals surface area contributed by atoms with Gasteiger partial charge in [-0.1, -0.05) is 13.3 Å². The fraction of sp³-hybridized carbons (Fsp3) is 0.917. The summed E-state index contributed by atoms with van der Waals surface area (Å²) in [6, 6.07) is -0.200. The van der Waals surface area contributed by atoms with Crippen LogP contribution in [0.4, 0.5) is 4.79 Å². The highest BCUT2D eigenvalue weighted by molar-refractivity contribution is 7.88. The Morgan fingerprint density at radius 2 is 2.16 bits per heavy atom. The number of nitrogens with zero attached hydrogens (tertiary/aromatic N) is 2. The molecule has 0 aromatic rings. The van der Waals surface area contributed by atoms with E-state index < -0.39 is 10.0 Å². The Morgan fingerprint density at radius 3 is 2.74 bits per heavy atom. The zero-order chi connectivity index (χ0) is 14.5. The average molecular weight is 291 g/mol. The molecule has 0 aromatic carbocycles. The number of carbonyl (C=O) groups is 1. The molecule has 0 bridgehead atoms. The predicted octanol–water partition coefficient (Wildman–Crippen LogP) is 0.852. The maximum atomic E-state index is 11.9.